The highest BCUT2D eigenvalue weighted by Gasteiger charge is 2.20. The average molecular weight is 276 g/mol. The predicted octanol–water partition coefficient (Wildman–Crippen LogP) is 1.87. The molecule has 2 N–H and O–H groups in total. The van der Waals surface area contributed by atoms with Gasteiger partial charge in [0.05, 0.1) is 5.75 Å². The van der Waals surface area contributed by atoms with Crippen LogP contribution in [0, 0.1) is 5.92 Å². The smallest absolute Gasteiger partial charge is 0.211 e. The van der Waals surface area contributed by atoms with Crippen molar-refractivity contribution in [1.82, 2.24) is 10.0 Å². The van der Waals surface area contributed by atoms with Gasteiger partial charge in [0, 0.05) is 12.1 Å². The Labute approximate surface area is 112 Å². The quantitative estimate of drug-likeness (QED) is 0.599. The summed E-state index contributed by atoms with van der Waals surface area (Å²) in [6, 6.07) is 0.700. The Morgan fingerprint density at radius 2 is 1.94 bits per heavy atom. The molecule has 0 aromatic heterocycles. The summed E-state index contributed by atoms with van der Waals surface area (Å²) in [5.74, 6) is 0.802. The van der Waals surface area contributed by atoms with Crippen molar-refractivity contribution in [2.24, 2.45) is 5.92 Å². The van der Waals surface area contributed by atoms with Gasteiger partial charge >= 0.3 is 0 Å². The number of nitrogens with one attached hydrogen (secondary N) is 2. The lowest BCUT2D eigenvalue weighted by Gasteiger charge is -2.17. The predicted molar refractivity (Wildman–Crippen MR) is 76.1 cm³/mol. The van der Waals surface area contributed by atoms with E-state index in [0.717, 1.165) is 19.4 Å². The summed E-state index contributed by atoms with van der Waals surface area (Å²) in [5.41, 5.74) is 0. The van der Waals surface area contributed by atoms with Crippen molar-refractivity contribution in [1.29, 1.82) is 0 Å². The van der Waals surface area contributed by atoms with Crippen LogP contribution in [0.2, 0.25) is 0 Å². The van der Waals surface area contributed by atoms with E-state index in [1.807, 2.05) is 6.92 Å². The van der Waals surface area contributed by atoms with Crippen LogP contribution in [-0.2, 0) is 10.0 Å². The van der Waals surface area contributed by atoms with Crippen molar-refractivity contribution in [3.8, 4) is 0 Å². The van der Waals surface area contributed by atoms with Crippen LogP contribution in [0.3, 0.4) is 0 Å². The molecule has 1 fully saturated rings. The van der Waals surface area contributed by atoms with E-state index in [-0.39, 0.29) is 11.8 Å². The molecule has 4 nitrogen and oxygen atoms in total. The van der Waals surface area contributed by atoms with Gasteiger partial charge in [0.1, 0.15) is 0 Å². The highest BCUT2D eigenvalue weighted by Crippen LogP contribution is 2.18. The molecule has 2 unspecified atom stereocenters. The summed E-state index contributed by atoms with van der Waals surface area (Å²) >= 11 is 0. The summed E-state index contributed by atoms with van der Waals surface area (Å²) in [7, 11) is -3.10. The first-order valence-corrected chi connectivity index (χ1v) is 8.81. The zero-order valence-corrected chi connectivity index (χ0v) is 12.7. The van der Waals surface area contributed by atoms with Crippen molar-refractivity contribution >= 4 is 10.0 Å². The topological polar surface area (TPSA) is 58.2 Å². The van der Waals surface area contributed by atoms with Crippen LogP contribution in [0.25, 0.3) is 0 Å². The monoisotopic (exact) mass is 276 g/mol. The highest BCUT2D eigenvalue weighted by atomic mass is 32.2. The van der Waals surface area contributed by atoms with Crippen LogP contribution >= 0.6 is 0 Å². The molecule has 0 aromatic rings. The average Bonchev–Trinajstić information content (AvgIpc) is 3.07. The standard InChI is InChI=1S/C13H28N2O2S/c1-4-11(2)10-12(3)15-18(16,17)9-5-8-14-13-6-7-13/h11-15H,4-10H2,1-3H3. The summed E-state index contributed by atoms with van der Waals surface area (Å²) in [4.78, 5) is 0. The van der Waals surface area contributed by atoms with Gasteiger partial charge in [-0.1, -0.05) is 20.3 Å². The lowest BCUT2D eigenvalue weighted by atomic mass is 10.0. The first kappa shape index (κ1) is 15.9. The molecular formula is C13H28N2O2S. The van der Waals surface area contributed by atoms with Gasteiger partial charge in [-0.2, -0.15) is 0 Å². The van der Waals surface area contributed by atoms with Crippen LogP contribution in [-0.4, -0.2) is 32.8 Å². The van der Waals surface area contributed by atoms with Crippen LogP contribution in [0.4, 0.5) is 0 Å². The fourth-order valence-corrected chi connectivity index (χ4v) is 3.39. The molecule has 2 atom stereocenters. The molecular weight excluding hydrogens is 248 g/mol. The Balaban J connectivity index is 2.16. The summed E-state index contributed by atoms with van der Waals surface area (Å²) in [5, 5.41) is 3.33. The number of hydrogen-bond donors (Lipinski definition) is 2. The minimum Gasteiger partial charge on any atom is -0.314 e. The second kappa shape index (κ2) is 7.46. The maximum Gasteiger partial charge on any atom is 0.211 e. The second-order valence-corrected chi connectivity index (χ2v) is 7.54. The van der Waals surface area contributed by atoms with Gasteiger partial charge in [-0.05, 0) is 45.1 Å². The van der Waals surface area contributed by atoms with E-state index in [1.165, 1.54) is 12.8 Å². The van der Waals surface area contributed by atoms with Gasteiger partial charge in [-0.15, -0.1) is 0 Å². The first-order valence-electron chi connectivity index (χ1n) is 7.16. The minimum absolute atomic E-state index is 0.0429. The molecule has 1 rings (SSSR count). The third kappa shape index (κ3) is 7.34. The van der Waals surface area contributed by atoms with Crippen LogP contribution < -0.4 is 10.0 Å². The molecule has 0 saturated heterocycles. The number of hydrogen-bond acceptors (Lipinski definition) is 3. The maximum absolute atomic E-state index is 11.8. The van der Waals surface area contributed by atoms with E-state index >= 15 is 0 Å². The molecule has 1 aliphatic rings. The molecule has 1 saturated carbocycles. The van der Waals surface area contributed by atoms with E-state index in [4.69, 9.17) is 0 Å². The molecule has 0 bridgehead atoms. The van der Waals surface area contributed by atoms with Crippen molar-refractivity contribution in [2.75, 3.05) is 12.3 Å². The van der Waals surface area contributed by atoms with E-state index in [1.54, 1.807) is 0 Å². The van der Waals surface area contributed by atoms with Gasteiger partial charge < -0.3 is 5.32 Å². The first-order chi connectivity index (χ1) is 8.43. The summed E-state index contributed by atoms with van der Waals surface area (Å²) in [6.45, 7) is 7.05. The maximum atomic E-state index is 11.8. The van der Waals surface area contributed by atoms with Gasteiger partial charge in [-0.25, -0.2) is 13.1 Å². The highest BCUT2D eigenvalue weighted by molar-refractivity contribution is 7.89. The Morgan fingerprint density at radius 1 is 1.28 bits per heavy atom. The van der Waals surface area contributed by atoms with Gasteiger partial charge in [0.25, 0.3) is 0 Å². The molecule has 0 amide bonds. The summed E-state index contributed by atoms with van der Waals surface area (Å²) < 4.78 is 26.4. The molecule has 1 aliphatic carbocycles. The Morgan fingerprint density at radius 3 is 2.50 bits per heavy atom. The van der Waals surface area contributed by atoms with Gasteiger partial charge in [0.2, 0.25) is 10.0 Å². The molecule has 0 aliphatic heterocycles. The fraction of sp³-hybridized carbons (Fsp3) is 1.00. The number of sulfonamides is 1. The molecule has 0 radical (unpaired) electrons. The van der Waals surface area contributed by atoms with Crippen LogP contribution in [0.15, 0.2) is 0 Å². The third-order valence-corrected chi connectivity index (χ3v) is 5.02. The Hall–Kier alpha value is -0.130. The van der Waals surface area contributed by atoms with Crippen molar-refractivity contribution in [3.05, 3.63) is 0 Å². The normalized spacial score (nSPS) is 19.7. The molecule has 5 heteroatoms. The van der Waals surface area contributed by atoms with Crippen molar-refractivity contribution < 1.29 is 8.42 Å². The zero-order valence-electron chi connectivity index (χ0n) is 11.9. The Bertz CT molecular complexity index is 326. The van der Waals surface area contributed by atoms with Crippen LogP contribution in [0.1, 0.15) is 52.9 Å². The molecule has 108 valence electrons. The van der Waals surface area contributed by atoms with Crippen LogP contribution in [0.5, 0.6) is 0 Å². The van der Waals surface area contributed by atoms with E-state index < -0.39 is 10.0 Å². The largest absolute Gasteiger partial charge is 0.314 e. The lowest BCUT2D eigenvalue weighted by Crippen LogP contribution is -2.36. The van der Waals surface area contributed by atoms with E-state index in [2.05, 4.69) is 23.9 Å². The van der Waals surface area contributed by atoms with E-state index in [0.29, 0.717) is 18.4 Å². The fourth-order valence-electron chi connectivity index (χ4n) is 2.04. The third-order valence-electron chi connectivity index (χ3n) is 3.43. The van der Waals surface area contributed by atoms with Gasteiger partial charge in [-0.3, -0.25) is 0 Å². The molecule has 0 aromatic carbocycles. The lowest BCUT2D eigenvalue weighted by molar-refractivity contribution is 0.445. The zero-order chi connectivity index (χ0) is 13.6. The Kier molecular flexibility index (Phi) is 6.60. The van der Waals surface area contributed by atoms with Crippen molar-refractivity contribution in [2.45, 2.75) is 65.0 Å². The molecule has 0 heterocycles. The summed E-state index contributed by atoms with van der Waals surface area (Å²) in [6.07, 6.45) is 5.20. The second-order valence-electron chi connectivity index (χ2n) is 5.67. The van der Waals surface area contributed by atoms with Gasteiger partial charge in [0.15, 0.2) is 0 Å². The van der Waals surface area contributed by atoms with E-state index in [9.17, 15) is 8.42 Å². The molecule has 18 heavy (non-hydrogen) atoms. The minimum atomic E-state index is -3.10. The van der Waals surface area contributed by atoms with Crippen molar-refractivity contribution in [3.63, 3.8) is 0 Å². The molecule has 0 spiro atoms. The SMILES string of the molecule is CCC(C)CC(C)NS(=O)(=O)CCCNC1CC1. The number of rotatable bonds is 10.